The summed E-state index contributed by atoms with van der Waals surface area (Å²) in [5.41, 5.74) is 6.22. The molecule has 0 aromatic rings. The summed E-state index contributed by atoms with van der Waals surface area (Å²) in [7, 11) is 0. The molecule has 2 unspecified atom stereocenters. The molecule has 0 bridgehead atoms. The largest absolute Gasteiger partial charge is 0.393 e. The van der Waals surface area contributed by atoms with Gasteiger partial charge in [0, 0.05) is 12.6 Å². The second-order valence-corrected chi connectivity index (χ2v) is 6.99. The van der Waals surface area contributed by atoms with Crippen LogP contribution < -0.4 is 5.73 Å². The van der Waals surface area contributed by atoms with Gasteiger partial charge in [0.2, 0.25) is 0 Å². The van der Waals surface area contributed by atoms with Gasteiger partial charge in [-0.05, 0) is 44.2 Å². The van der Waals surface area contributed by atoms with Gasteiger partial charge in [0.25, 0.3) is 0 Å². The van der Waals surface area contributed by atoms with Crippen LogP contribution in [0.1, 0.15) is 46.5 Å². The molecule has 0 amide bonds. The number of hydrogen-bond acceptors (Lipinski definition) is 2. The van der Waals surface area contributed by atoms with Gasteiger partial charge in [0.15, 0.2) is 0 Å². The number of hydrogen-bond donors (Lipinski definition) is 1. The van der Waals surface area contributed by atoms with E-state index >= 15 is 0 Å². The quantitative estimate of drug-likeness (QED) is 0.855. The Morgan fingerprint density at radius 1 is 1.26 bits per heavy atom. The van der Waals surface area contributed by atoms with Crippen molar-refractivity contribution in [1.29, 1.82) is 0 Å². The van der Waals surface area contributed by atoms with E-state index in [2.05, 4.69) is 20.8 Å². The SMILES string of the molecule is CC(C)(C)CC(N)CCN1CCCC(C(F)(F)F)C1. The van der Waals surface area contributed by atoms with Crippen LogP contribution in [0.15, 0.2) is 0 Å². The Kier molecular flexibility index (Phi) is 5.68. The zero-order valence-electron chi connectivity index (χ0n) is 12.3. The first-order valence-electron chi connectivity index (χ1n) is 7.12. The highest BCUT2D eigenvalue weighted by Crippen LogP contribution is 2.33. The van der Waals surface area contributed by atoms with Gasteiger partial charge in [0.1, 0.15) is 0 Å². The highest BCUT2D eigenvalue weighted by Gasteiger charge is 2.41. The summed E-state index contributed by atoms with van der Waals surface area (Å²) in [6.45, 7) is 8.00. The van der Waals surface area contributed by atoms with E-state index in [1.165, 1.54) is 0 Å². The molecule has 2 atom stereocenters. The van der Waals surface area contributed by atoms with E-state index in [9.17, 15) is 13.2 Å². The minimum Gasteiger partial charge on any atom is -0.328 e. The molecule has 1 rings (SSSR count). The van der Waals surface area contributed by atoms with E-state index in [0.717, 1.165) is 19.4 Å². The zero-order valence-corrected chi connectivity index (χ0v) is 12.3. The molecule has 1 heterocycles. The van der Waals surface area contributed by atoms with Crippen LogP contribution in [0.5, 0.6) is 0 Å². The average molecular weight is 280 g/mol. The third-order valence-electron chi connectivity index (χ3n) is 3.66. The number of alkyl halides is 3. The van der Waals surface area contributed by atoms with E-state index in [0.29, 0.717) is 13.0 Å². The number of likely N-dealkylation sites (tertiary alicyclic amines) is 1. The molecule has 0 aliphatic carbocycles. The van der Waals surface area contributed by atoms with Crippen LogP contribution >= 0.6 is 0 Å². The van der Waals surface area contributed by atoms with Gasteiger partial charge in [-0.3, -0.25) is 0 Å². The molecule has 0 spiro atoms. The smallest absolute Gasteiger partial charge is 0.328 e. The summed E-state index contributed by atoms with van der Waals surface area (Å²) in [4.78, 5) is 1.92. The van der Waals surface area contributed by atoms with Crippen molar-refractivity contribution in [1.82, 2.24) is 4.90 Å². The van der Waals surface area contributed by atoms with Crippen molar-refractivity contribution in [2.75, 3.05) is 19.6 Å². The maximum atomic E-state index is 12.7. The Bertz CT molecular complexity index is 271. The molecule has 2 nitrogen and oxygen atoms in total. The zero-order chi connectivity index (χ0) is 14.7. The summed E-state index contributed by atoms with van der Waals surface area (Å²) in [6, 6.07) is 0.0752. The molecule has 2 N–H and O–H groups in total. The van der Waals surface area contributed by atoms with Crippen molar-refractivity contribution in [2.45, 2.75) is 58.7 Å². The first-order valence-corrected chi connectivity index (χ1v) is 7.12. The lowest BCUT2D eigenvalue weighted by molar-refractivity contribution is -0.186. The van der Waals surface area contributed by atoms with Gasteiger partial charge in [-0.25, -0.2) is 0 Å². The Hall–Kier alpha value is -0.290. The van der Waals surface area contributed by atoms with Gasteiger partial charge in [0.05, 0.1) is 5.92 Å². The first-order chi connectivity index (χ1) is 8.58. The molecule has 114 valence electrons. The molecule has 1 fully saturated rings. The number of piperidine rings is 1. The molecule has 0 aromatic carbocycles. The summed E-state index contributed by atoms with van der Waals surface area (Å²) < 4.78 is 38.1. The van der Waals surface area contributed by atoms with Crippen LogP contribution in [0.3, 0.4) is 0 Å². The van der Waals surface area contributed by atoms with Crippen molar-refractivity contribution in [3.8, 4) is 0 Å². The maximum Gasteiger partial charge on any atom is 0.393 e. The van der Waals surface area contributed by atoms with E-state index in [4.69, 9.17) is 5.73 Å². The summed E-state index contributed by atoms with van der Waals surface area (Å²) >= 11 is 0. The van der Waals surface area contributed by atoms with Crippen LogP contribution in [0.25, 0.3) is 0 Å². The minimum atomic E-state index is -4.05. The van der Waals surface area contributed by atoms with Crippen LogP contribution in [0, 0.1) is 11.3 Å². The van der Waals surface area contributed by atoms with E-state index < -0.39 is 12.1 Å². The summed E-state index contributed by atoms with van der Waals surface area (Å²) in [5, 5.41) is 0. The molecule has 1 aliphatic rings. The van der Waals surface area contributed by atoms with Gasteiger partial charge >= 0.3 is 6.18 Å². The van der Waals surface area contributed by atoms with Crippen molar-refractivity contribution in [2.24, 2.45) is 17.1 Å². The lowest BCUT2D eigenvalue weighted by Gasteiger charge is -2.34. The molecule has 0 aromatic heterocycles. The molecular formula is C14H27F3N2. The number of nitrogens with zero attached hydrogens (tertiary/aromatic N) is 1. The van der Waals surface area contributed by atoms with Crippen LogP contribution in [0.2, 0.25) is 0 Å². The fraction of sp³-hybridized carbons (Fsp3) is 1.00. The standard InChI is InChI=1S/C14H27F3N2/c1-13(2,3)9-12(18)6-8-19-7-4-5-11(10-19)14(15,16)17/h11-12H,4-10,18H2,1-3H3. The van der Waals surface area contributed by atoms with E-state index in [1.807, 2.05) is 4.90 Å². The van der Waals surface area contributed by atoms with Crippen LogP contribution in [-0.2, 0) is 0 Å². The van der Waals surface area contributed by atoms with Crippen molar-refractivity contribution < 1.29 is 13.2 Å². The monoisotopic (exact) mass is 280 g/mol. The molecule has 0 saturated carbocycles. The topological polar surface area (TPSA) is 29.3 Å². The second kappa shape index (κ2) is 6.44. The maximum absolute atomic E-state index is 12.7. The molecule has 0 radical (unpaired) electrons. The molecule has 19 heavy (non-hydrogen) atoms. The highest BCUT2D eigenvalue weighted by molar-refractivity contribution is 4.79. The molecule has 1 saturated heterocycles. The Morgan fingerprint density at radius 3 is 2.42 bits per heavy atom. The van der Waals surface area contributed by atoms with Gasteiger partial charge < -0.3 is 10.6 Å². The van der Waals surface area contributed by atoms with E-state index in [-0.39, 0.29) is 24.4 Å². The molecule has 5 heteroatoms. The summed E-state index contributed by atoms with van der Waals surface area (Å²) in [5.74, 6) is -1.15. The molecular weight excluding hydrogens is 253 g/mol. The van der Waals surface area contributed by atoms with Crippen molar-refractivity contribution in [3.63, 3.8) is 0 Å². The van der Waals surface area contributed by atoms with Crippen LogP contribution in [0.4, 0.5) is 13.2 Å². The fourth-order valence-corrected chi connectivity index (χ4v) is 2.76. The van der Waals surface area contributed by atoms with Crippen molar-refractivity contribution in [3.05, 3.63) is 0 Å². The Morgan fingerprint density at radius 2 is 1.89 bits per heavy atom. The fourth-order valence-electron chi connectivity index (χ4n) is 2.76. The normalized spacial score (nSPS) is 24.5. The van der Waals surface area contributed by atoms with Crippen LogP contribution in [-0.4, -0.2) is 36.8 Å². The van der Waals surface area contributed by atoms with Gasteiger partial charge in [-0.15, -0.1) is 0 Å². The summed E-state index contributed by atoms with van der Waals surface area (Å²) in [6.07, 6.45) is -1.45. The van der Waals surface area contributed by atoms with E-state index in [1.54, 1.807) is 0 Å². The third kappa shape index (κ3) is 6.61. The Labute approximate surface area is 114 Å². The van der Waals surface area contributed by atoms with Gasteiger partial charge in [-0.2, -0.15) is 13.2 Å². The number of nitrogens with two attached hydrogens (primary N) is 1. The minimum absolute atomic E-state index is 0.0752. The van der Waals surface area contributed by atoms with Crippen molar-refractivity contribution >= 4 is 0 Å². The lowest BCUT2D eigenvalue weighted by Crippen LogP contribution is -2.43. The van der Waals surface area contributed by atoms with Gasteiger partial charge in [-0.1, -0.05) is 20.8 Å². The highest BCUT2D eigenvalue weighted by atomic mass is 19.4. The first kappa shape index (κ1) is 16.8. The third-order valence-corrected chi connectivity index (χ3v) is 3.66. The second-order valence-electron chi connectivity index (χ2n) is 6.99. The predicted molar refractivity (Wildman–Crippen MR) is 71.9 cm³/mol. The number of rotatable bonds is 4. The Balaban J connectivity index is 2.33. The predicted octanol–water partition coefficient (Wildman–Crippen LogP) is 3.41. The number of halogens is 3. The average Bonchev–Trinajstić information content (AvgIpc) is 2.23. The molecule has 1 aliphatic heterocycles. The lowest BCUT2D eigenvalue weighted by atomic mass is 9.87.